The van der Waals surface area contributed by atoms with Crippen LogP contribution in [0.2, 0.25) is 0 Å². The number of sulfone groups is 1. The molecule has 0 amide bonds. The number of rotatable bonds is 6. The lowest BCUT2D eigenvalue weighted by Crippen LogP contribution is -2.04. The molecule has 6 nitrogen and oxygen atoms in total. The minimum absolute atomic E-state index is 0.0950. The highest BCUT2D eigenvalue weighted by molar-refractivity contribution is 7.90. The average molecular weight is 510 g/mol. The molecule has 0 bridgehead atoms. The van der Waals surface area contributed by atoms with E-state index in [1.54, 1.807) is 30.3 Å². The lowest BCUT2D eigenvalue weighted by molar-refractivity contribution is 0.289. The maximum absolute atomic E-state index is 13.6. The number of benzene rings is 3. The van der Waals surface area contributed by atoms with Crippen LogP contribution in [-0.4, -0.2) is 24.6 Å². The van der Waals surface area contributed by atoms with Crippen LogP contribution in [0, 0.1) is 17.1 Å². The predicted octanol–water partition coefficient (Wildman–Crippen LogP) is 5.96. The highest BCUT2D eigenvalue weighted by Crippen LogP contribution is 2.35. The summed E-state index contributed by atoms with van der Waals surface area (Å²) in [7, 11) is -3.37. The van der Waals surface area contributed by atoms with Crippen LogP contribution in [0.5, 0.6) is 5.88 Å². The summed E-state index contributed by atoms with van der Waals surface area (Å²) in [6, 6.07) is 27.4. The van der Waals surface area contributed by atoms with Gasteiger partial charge in [-0.3, -0.25) is 0 Å². The SMILES string of the molecule is CS(=O)(=O)c1ccc(-c2cc(C#N)c(OCc3ccc4ccccc4n3)nc2-c2ccc(F)cc2)cc1. The Morgan fingerprint density at radius 3 is 2.30 bits per heavy atom. The van der Waals surface area contributed by atoms with Crippen molar-refractivity contribution in [2.45, 2.75) is 11.5 Å². The Balaban J connectivity index is 1.57. The van der Waals surface area contributed by atoms with Crippen molar-refractivity contribution in [3.8, 4) is 34.3 Å². The molecule has 0 saturated heterocycles. The fourth-order valence-electron chi connectivity index (χ4n) is 3.95. The molecule has 2 heterocycles. The number of halogens is 1. The lowest BCUT2D eigenvalue weighted by atomic mass is 9.98. The van der Waals surface area contributed by atoms with Gasteiger partial charge in [-0.2, -0.15) is 5.26 Å². The van der Waals surface area contributed by atoms with E-state index >= 15 is 0 Å². The molecule has 0 unspecified atom stereocenters. The number of fused-ring (bicyclic) bond motifs is 1. The van der Waals surface area contributed by atoms with Crippen molar-refractivity contribution < 1.29 is 17.5 Å². The average Bonchev–Trinajstić information content (AvgIpc) is 2.91. The van der Waals surface area contributed by atoms with Crippen molar-refractivity contribution in [2.24, 2.45) is 0 Å². The Morgan fingerprint density at radius 1 is 0.892 bits per heavy atom. The van der Waals surface area contributed by atoms with Crippen molar-refractivity contribution in [1.82, 2.24) is 9.97 Å². The highest BCUT2D eigenvalue weighted by Gasteiger charge is 2.17. The molecule has 0 aliphatic heterocycles. The number of ether oxygens (including phenoxy) is 1. The molecular weight excluding hydrogens is 489 g/mol. The largest absolute Gasteiger partial charge is 0.470 e. The maximum atomic E-state index is 13.6. The zero-order chi connectivity index (χ0) is 26.0. The van der Waals surface area contributed by atoms with Crippen molar-refractivity contribution in [3.63, 3.8) is 0 Å². The molecule has 0 fully saturated rings. The van der Waals surface area contributed by atoms with Crippen LogP contribution in [0.4, 0.5) is 4.39 Å². The number of para-hydroxylation sites is 1. The molecule has 8 heteroatoms. The third-order valence-electron chi connectivity index (χ3n) is 5.83. The van der Waals surface area contributed by atoms with E-state index in [0.717, 1.165) is 17.2 Å². The van der Waals surface area contributed by atoms with Gasteiger partial charge in [0.25, 0.3) is 0 Å². The van der Waals surface area contributed by atoms with Crippen molar-refractivity contribution in [1.29, 1.82) is 5.26 Å². The molecule has 37 heavy (non-hydrogen) atoms. The van der Waals surface area contributed by atoms with Gasteiger partial charge in [-0.25, -0.2) is 22.8 Å². The fraction of sp³-hybridized carbons (Fsp3) is 0.0690. The van der Waals surface area contributed by atoms with Crippen molar-refractivity contribution >= 4 is 20.7 Å². The first-order valence-electron chi connectivity index (χ1n) is 11.3. The summed E-state index contributed by atoms with van der Waals surface area (Å²) in [4.78, 5) is 9.43. The molecule has 3 aromatic carbocycles. The minimum Gasteiger partial charge on any atom is -0.470 e. The Hall–Kier alpha value is -4.61. The predicted molar refractivity (Wildman–Crippen MR) is 139 cm³/mol. The first kappa shape index (κ1) is 24.1. The topological polar surface area (TPSA) is 92.9 Å². The van der Waals surface area contributed by atoms with Gasteiger partial charge in [0.2, 0.25) is 5.88 Å². The van der Waals surface area contributed by atoms with E-state index in [1.807, 2.05) is 36.4 Å². The number of pyridine rings is 2. The van der Waals surface area contributed by atoms with Gasteiger partial charge in [0.05, 0.1) is 21.8 Å². The van der Waals surface area contributed by atoms with Gasteiger partial charge in [-0.05, 0) is 60.2 Å². The zero-order valence-corrected chi connectivity index (χ0v) is 20.5. The molecule has 0 N–H and O–H groups in total. The third-order valence-corrected chi connectivity index (χ3v) is 6.96. The second kappa shape index (κ2) is 9.80. The second-order valence-electron chi connectivity index (χ2n) is 8.44. The molecule has 0 aliphatic carbocycles. The van der Waals surface area contributed by atoms with Crippen LogP contribution in [0.3, 0.4) is 0 Å². The first-order valence-corrected chi connectivity index (χ1v) is 13.2. The van der Waals surface area contributed by atoms with Crippen molar-refractivity contribution in [2.75, 3.05) is 6.26 Å². The van der Waals surface area contributed by atoms with Crippen LogP contribution in [-0.2, 0) is 16.4 Å². The van der Waals surface area contributed by atoms with Gasteiger partial charge in [0.15, 0.2) is 9.84 Å². The van der Waals surface area contributed by atoms with Gasteiger partial charge in [0.1, 0.15) is 24.1 Å². The van der Waals surface area contributed by atoms with Gasteiger partial charge in [-0.1, -0.05) is 36.4 Å². The summed E-state index contributed by atoms with van der Waals surface area (Å²) in [6.45, 7) is 0.0950. The zero-order valence-electron chi connectivity index (χ0n) is 19.7. The van der Waals surface area contributed by atoms with Crippen LogP contribution < -0.4 is 4.74 Å². The molecule has 5 aromatic rings. The van der Waals surface area contributed by atoms with E-state index in [0.29, 0.717) is 28.1 Å². The van der Waals surface area contributed by atoms with E-state index in [4.69, 9.17) is 4.74 Å². The number of hydrogen-bond donors (Lipinski definition) is 0. The number of aromatic nitrogens is 2. The van der Waals surface area contributed by atoms with Gasteiger partial charge in [0, 0.05) is 22.8 Å². The van der Waals surface area contributed by atoms with Gasteiger partial charge in [-0.15, -0.1) is 0 Å². The number of nitrogens with zero attached hydrogens (tertiary/aromatic N) is 3. The van der Waals surface area contributed by atoms with Gasteiger partial charge >= 0.3 is 0 Å². The Morgan fingerprint density at radius 2 is 1.59 bits per heavy atom. The van der Waals surface area contributed by atoms with Crippen LogP contribution >= 0.6 is 0 Å². The number of hydrogen-bond acceptors (Lipinski definition) is 6. The van der Waals surface area contributed by atoms with E-state index in [-0.39, 0.29) is 22.9 Å². The first-order chi connectivity index (χ1) is 17.8. The van der Waals surface area contributed by atoms with Gasteiger partial charge < -0.3 is 4.74 Å². The molecule has 0 saturated carbocycles. The summed E-state index contributed by atoms with van der Waals surface area (Å²) in [5.74, 6) is -0.274. The molecular formula is C29H20FN3O3S. The summed E-state index contributed by atoms with van der Waals surface area (Å²) >= 11 is 0. The fourth-order valence-corrected chi connectivity index (χ4v) is 4.58. The summed E-state index contributed by atoms with van der Waals surface area (Å²) in [6.07, 6.45) is 1.14. The smallest absolute Gasteiger partial charge is 0.232 e. The lowest BCUT2D eigenvalue weighted by Gasteiger charge is -2.14. The molecule has 5 rings (SSSR count). The second-order valence-corrected chi connectivity index (χ2v) is 10.5. The van der Waals surface area contributed by atoms with E-state index in [9.17, 15) is 18.1 Å². The van der Waals surface area contributed by atoms with Crippen LogP contribution in [0.15, 0.2) is 95.9 Å². The van der Waals surface area contributed by atoms with E-state index in [1.165, 1.54) is 24.3 Å². The normalized spacial score (nSPS) is 11.3. The molecule has 2 aromatic heterocycles. The van der Waals surface area contributed by atoms with Crippen molar-refractivity contribution in [3.05, 3.63) is 108 Å². The quantitative estimate of drug-likeness (QED) is 0.281. The highest BCUT2D eigenvalue weighted by atomic mass is 32.2. The van der Waals surface area contributed by atoms with E-state index < -0.39 is 15.7 Å². The summed E-state index contributed by atoms with van der Waals surface area (Å²) in [5, 5.41) is 10.9. The third kappa shape index (κ3) is 5.17. The number of nitriles is 1. The van der Waals surface area contributed by atoms with E-state index in [2.05, 4.69) is 16.0 Å². The standard InChI is InChI=1S/C29H20FN3O3S/c1-37(34,35)25-14-9-19(10-15-25)26-16-22(17-31)29(33-28(26)21-6-11-23(30)12-7-21)36-18-24-13-8-20-4-2-3-5-27(20)32-24/h2-16H,18H2,1H3. The Kier molecular flexibility index (Phi) is 6.38. The molecule has 182 valence electrons. The van der Waals surface area contributed by atoms with Crippen LogP contribution in [0.25, 0.3) is 33.3 Å². The maximum Gasteiger partial charge on any atom is 0.232 e. The Labute approximate surface area is 213 Å². The summed E-state index contributed by atoms with van der Waals surface area (Å²) in [5.41, 5.74) is 4.02. The summed E-state index contributed by atoms with van der Waals surface area (Å²) < 4.78 is 43.4. The molecule has 0 atom stereocenters. The van der Waals surface area contributed by atoms with Crippen LogP contribution in [0.1, 0.15) is 11.3 Å². The Bertz CT molecular complexity index is 1760. The minimum atomic E-state index is -3.37. The molecule has 0 radical (unpaired) electrons. The molecule has 0 spiro atoms. The monoisotopic (exact) mass is 509 g/mol. The molecule has 0 aliphatic rings.